The van der Waals surface area contributed by atoms with Crippen LogP contribution < -0.4 is 16.6 Å². The molecule has 3 rings (SSSR count). The van der Waals surface area contributed by atoms with Crippen molar-refractivity contribution in [3.63, 3.8) is 0 Å². The van der Waals surface area contributed by atoms with E-state index in [0.29, 0.717) is 36.1 Å². The van der Waals surface area contributed by atoms with Gasteiger partial charge in [-0.1, -0.05) is 47.0 Å². The average Bonchev–Trinajstić information content (AvgIpc) is 3.15. The largest absolute Gasteiger partial charge is 0.352 e. The topological polar surface area (TPSA) is 90.9 Å². The molecule has 0 unspecified atom stereocenters. The molecule has 1 N–H and O–H groups in total. The van der Waals surface area contributed by atoms with Crippen LogP contribution in [0.5, 0.6) is 0 Å². The molecule has 0 bridgehead atoms. The fourth-order valence-corrected chi connectivity index (χ4v) is 4.39. The van der Waals surface area contributed by atoms with E-state index in [9.17, 15) is 14.4 Å². The van der Waals surface area contributed by atoms with E-state index in [1.54, 1.807) is 10.9 Å². The highest BCUT2D eigenvalue weighted by atomic mass is 16.2. The first-order valence-corrected chi connectivity index (χ1v) is 11.8. The molecule has 2 aromatic heterocycles. The van der Waals surface area contributed by atoms with Crippen LogP contribution in [0.2, 0.25) is 0 Å². The zero-order chi connectivity index (χ0) is 22.5. The third kappa shape index (κ3) is 5.28. The number of aromatic nitrogens is 4. The molecule has 8 nitrogen and oxygen atoms in total. The lowest BCUT2D eigenvalue weighted by molar-refractivity contribution is -0.123. The fourth-order valence-electron chi connectivity index (χ4n) is 4.39. The minimum Gasteiger partial charge on any atom is -0.352 e. The second-order valence-corrected chi connectivity index (χ2v) is 9.41. The Labute approximate surface area is 183 Å². The second-order valence-electron chi connectivity index (χ2n) is 9.41. The summed E-state index contributed by atoms with van der Waals surface area (Å²) in [6.45, 7) is 9.34. The number of amides is 1. The normalized spacial score (nSPS) is 19.3. The predicted octanol–water partition coefficient (Wildman–Crippen LogP) is 2.90. The molecule has 0 aliphatic heterocycles. The fraction of sp³-hybridized carbons (Fsp3) is 0.739. The van der Waals surface area contributed by atoms with Gasteiger partial charge in [0.15, 0.2) is 11.2 Å². The zero-order valence-electron chi connectivity index (χ0n) is 19.4. The number of aryl methyl sites for hydroxylation is 2. The third-order valence-corrected chi connectivity index (χ3v) is 6.43. The summed E-state index contributed by atoms with van der Waals surface area (Å²) in [4.78, 5) is 43.7. The number of nitrogens with one attached hydrogen (secondary N) is 1. The van der Waals surface area contributed by atoms with Gasteiger partial charge >= 0.3 is 5.69 Å². The van der Waals surface area contributed by atoms with Crippen LogP contribution in [0.4, 0.5) is 0 Å². The van der Waals surface area contributed by atoms with E-state index in [1.807, 2.05) is 4.57 Å². The van der Waals surface area contributed by atoms with Crippen LogP contribution in [0.25, 0.3) is 11.2 Å². The van der Waals surface area contributed by atoms with Crippen molar-refractivity contribution >= 4 is 17.1 Å². The first kappa shape index (κ1) is 23.3. The van der Waals surface area contributed by atoms with Gasteiger partial charge in [0.2, 0.25) is 5.91 Å². The van der Waals surface area contributed by atoms with Crippen LogP contribution in [0.3, 0.4) is 0 Å². The van der Waals surface area contributed by atoms with E-state index < -0.39 is 11.2 Å². The minimum atomic E-state index is -0.452. The van der Waals surface area contributed by atoms with E-state index in [-0.39, 0.29) is 18.5 Å². The predicted molar refractivity (Wildman–Crippen MR) is 122 cm³/mol. The minimum absolute atomic E-state index is 0.111. The van der Waals surface area contributed by atoms with Crippen molar-refractivity contribution in [2.45, 2.75) is 98.3 Å². The number of hydrogen-bond donors (Lipinski definition) is 1. The van der Waals surface area contributed by atoms with Crippen molar-refractivity contribution in [3.05, 3.63) is 27.2 Å². The summed E-state index contributed by atoms with van der Waals surface area (Å²) in [7, 11) is 0. The van der Waals surface area contributed by atoms with Crippen LogP contribution in [0.15, 0.2) is 15.9 Å². The Morgan fingerprint density at radius 3 is 2.61 bits per heavy atom. The van der Waals surface area contributed by atoms with Crippen molar-refractivity contribution in [1.29, 1.82) is 0 Å². The van der Waals surface area contributed by atoms with Crippen molar-refractivity contribution in [2.75, 3.05) is 0 Å². The maximum Gasteiger partial charge on any atom is 0.333 e. The molecule has 1 amide bonds. The molecule has 1 saturated carbocycles. The summed E-state index contributed by atoms with van der Waals surface area (Å²) in [5.41, 5.74) is -0.0484. The van der Waals surface area contributed by atoms with Crippen LogP contribution in [0, 0.1) is 11.8 Å². The monoisotopic (exact) mass is 431 g/mol. The summed E-state index contributed by atoms with van der Waals surface area (Å²) in [6.07, 6.45) is 8.59. The molecule has 0 spiro atoms. The van der Waals surface area contributed by atoms with E-state index in [2.05, 4.69) is 38.0 Å². The standard InChI is InChI=1S/C23H37N5O3/c1-5-6-12-27-21-20(26(15-24-21)13-11-16(2)3)22(30)28(23(27)31)14-19(29)25-18-10-8-7-9-17(18)4/h15-18H,5-14H2,1-4H3,(H,25,29)/t17-,18+/m0/s1. The molecule has 0 radical (unpaired) electrons. The van der Waals surface area contributed by atoms with E-state index in [1.165, 1.54) is 6.42 Å². The van der Waals surface area contributed by atoms with E-state index in [0.717, 1.165) is 43.1 Å². The van der Waals surface area contributed by atoms with Crippen molar-refractivity contribution in [1.82, 2.24) is 24.0 Å². The SMILES string of the molecule is CCCCn1c(=O)n(CC(=O)N[C@@H]2CCCC[C@@H]2C)c(=O)c2c1ncn2CCC(C)C. The second kappa shape index (κ2) is 10.3. The average molecular weight is 432 g/mol. The molecule has 1 aliphatic rings. The van der Waals surface area contributed by atoms with Crippen LogP contribution >= 0.6 is 0 Å². The Morgan fingerprint density at radius 1 is 1.19 bits per heavy atom. The van der Waals surface area contributed by atoms with Crippen LogP contribution in [0.1, 0.15) is 72.6 Å². The quantitative estimate of drug-likeness (QED) is 0.661. The van der Waals surface area contributed by atoms with Crippen LogP contribution in [-0.4, -0.2) is 30.6 Å². The van der Waals surface area contributed by atoms with Gasteiger partial charge in [-0.3, -0.25) is 14.2 Å². The van der Waals surface area contributed by atoms with Gasteiger partial charge in [-0.25, -0.2) is 14.3 Å². The van der Waals surface area contributed by atoms with Gasteiger partial charge in [0.05, 0.1) is 6.33 Å². The summed E-state index contributed by atoms with van der Waals surface area (Å²) < 4.78 is 4.48. The van der Waals surface area contributed by atoms with Gasteiger partial charge < -0.3 is 9.88 Å². The summed E-state index contributed by atoms with van der Waals surface area (Å²) >= 11 is 0. The highest BCUT2D eigenvalue weighted by molar-refractivity contribution is 5.77. The molecular weight excluding hydrogens is 394 g/mol. The molecule has 2 heterocycles. The highest BCUT2D eigenvalue weighted by Gasteiger charge is 2.24. The first-order valence-electron chi connectivity index (χ1n) is 11.8. The number of carbonyl (C=O) groups is 1. The summed E-state index contributed by atoms with van der Waals surface area (Å²) in [5.74, 6) is 0.622. The lowest BCUT2D eigenvalue weighted by atomic mass is 9.86. The molecule has 2 aromatic rings. The Bertz CT molecular complexity index is 1020. The maximum absolute atomic E-state index is 13.3. The number of hydrogen-bond acceptors (Lipinski definition) is 4. The molecule has 0 saturated heterocycles. The summed E-state index contributed by atoms with van der Waals surface area (Å²) in [5, 5.41) is 3.06. The number of rotatable bonds is 9. The number of imidazole rings is 1. The number of carbonyl (C=O) groups excluding carboxylic acids is 1. The first-order chi connectivity index (χ1) is 14.8. The van der Waals surface area contributed by atoms with Gasteiger partial charge in [0.25, 0.3) is 5.56 Å². The lowest BCUT2D eigenvalue weighted by Crippen LogP contribution is -2.47. The van der Waals surface area contributed by atoms with Gasteiger partial charge in [-0.2, -0.15) is 0 Å². The Hall–Kier alpha value is -2.38. The van der Waals surface area contributed by atoms with Crippen molar-refractivity contribution < 1.29 is 4.79 Å². The van der Waals surface area contributed by atoms with E-state index in [4.69, 9.17) is 0 Å². The molecule has 2 atom stereocenters. The third-order valence-electron chi connectivity index (χ3n) is 6.43. The number of fused-ring (bicyclic) bond motifs is 1. The summed E-state index contributed by atoms with van der Waals surface area (Å²) in [6, 6.07) is 0.111. The van der Waals surface area contributed by atoms with E-state index >= 15 is 0 Å². The maximum atomic E-state index is 13.3. The van der Waals surface area contributed by atoms with Gasteiger partial charge in [-0.05, 0) is 37.5 Å². The molecule has 1 aliphatic carbocycles. The molecule has 0 aromatic carbocycles. The molecule has 172 valence electrons. The lowest BCUT2D eigenvalue weighted by Gasteiger charge is -2.29. The number of nitrogens with zero attached hydrogens (tertiary/aromatic N) is 4. The van der Waals surface area contributed by atoms with Gasteiger partial charge in [0.1, 0.15) is 6.54 Å². The van der Waals surface area contributed by atoms with Gasteiger partial charge in [-0.15, -0.1) is 0 Å². The molecule has 1 fully saturated rings. The Morgan fingerprint density at radius 2 is 1.94 bits per heavy atom. The van der Waals surface area contributed by atoms with Crippen LogP contribution in [-0.2, 0) is 24.4 Å². The zero-order valence-corrected chi connectivity index (χ0v) is 19.4. The highest BCUT2D eigenvalue weighted by Crippen LogP contribution is 2.23. The van der Waals surface area contributed by atoms with Crippen molar-refractivity contribution in [3.8, 4) is 0 Å². The molecule has 8 heteroatoms. The molecule has 31 heavy (non-hydrogen) atoms. The van der Waals surface area contributed by atoms with Crippen molar-refractivity contribution in [2.24, 2.45) is 11.8 Å². The Kier molecular flexibility index (Phi) is 7.73. The number of unbranched alkanes of at least 4 members (excludes halogenated alkanes) is 1. The Balaban J connectivity index is 1.96. The molecular formula is C23H37N5O3. The smallest absolute Gasteiger partial charge is 0.333 e. The van der Waals surface area contributed by atoms with Gasteiger partial charge in [0, 0.05) is 19.1 Å².